The van der Waals surface area contributed by atoms with Crippen molar-refractivity contribution in [2.24, 2.45) is 5.92 Å². The molecule has 3 unspecified atom stereocenters. The van der Waals surface area contributed by atoms with Gasteiger partial charge in [-0.1, -0.05) is 13.3 Å². The lowest BCUT2D eigenvalue weighted by Crippen LogP contribution is -2.47. The molecule has 0 aromatic carbocycles. The van der Waals surface area contributed by atoms with Gasteiger partial charge in [-0.25, -0.2) is 0 Å². The highest BCUT2D eigenvalue weighted by Crippen LogP contribution is 2.27. The van der Waals surface area contributed by atoms with Gasteiger partial charge in [0, 0.05) is 32.7 Å². The number of hydrogen-bond donors (Lipinski definition) is 1. The Kier molecular flexibility index (Phi) is 3.65. The van der Waals surface area contributed by atoms with Crippen LogP contribution in [-0.4, -0.2) is 38.5 Å². The first-order chi connectivity index (χ1) is 7.26. The lowest BCUT2D eigenvalue weighted by molar-refractivity contribution is -0.0180. The Morgan fingerprint density at radius 2 is 2.33 bits per heavy atom. The van der Waals surface area contributed by atoms with Crippen molar-refractivity contribution in [2.75, 3.05) is 26.9 Å². The molecule has 1 saturated heterocycles. The van der Waals surface area contributed by atoms with Gasteiger partial charge in [0.05, 0.1) is 6.61 Å². The molecule has 0 bridgehead atoms. The average molecular weight is 213 g/mol. The van der Waals surface area contributed by atoms with E-state index in [9.17, 15) is 0 Å². The summed E-state index contributed by atoms with van der Waals surface area (Å²) in [6, 6.07) is 0.692. The standard InChI is InChI=1S/C12H23NO2/c1-10-4-3-5-11(10)13-8-12(14-2)6-7-15-9-12/h10-11,13H,3-9H2,1-2H3. The summed E-state index contributed by atoms with van der Waals surface area (Å²) in [6.45, 7) is 4.88. The molecule has 2 fully saturated rings. The van der Waals surface area contributed by atoms with E-state index in [0.717, 1.165) is 32.1 Å². The molecule has 3 nitrogen and oxygen atoms in total. The molecule has 0 aromatic heterocycles. The monoisotopic (exact) mass is 213 g/mol. The Morgan fingerprint density at radius 3 is 2.87 bits per heavy atom. The minimum absolute atomic E-state index is 0.0533. The Balaban J connectivity index is 1.80. The number of nitrogens with one attached hydrogen (secondary N) is 1. The van der Waals surface area contributed by atoms with E-state index in [1.54, 1.807) is 7.11 Å². The molecular formula is C12H23NO2. The molecule has 0 amide bonds. The first-order valence-corrected chi connectivity index (χ1v) is 6.12. The quantitative estimate of drug-likeness (QED) is 0.769. The van der Waals surface area contributed by atoms with Crippen molar-refractivity contribution in [3.05, 3.63) is 0 Å². The maximum atomic E-state index is 5.61. The van der Waals surface area contributed by atoms with Crippen LogP contribution in [0, 0.1) is 5.92 Å². The fourth-order valence-corrected chi connectivity index (χ4v) is 2.73. The molecule has 2 aliphatic rings. The van der Waals surface area contributed by atoms with Crippen molar-refractivity contribution in [3.8, 4) is 0 Å². The normalized spacial score (nSPS) is 41.2. The van der Waals surface area contributed by atoms with E-state index < -0.39 is 0 Å². The molecule has 3 heteroatoms. The van der Waals surface area contributed by atoms with Crippen LogP contribution in [0.5, 0.6) is 0 Å². The Labute approximate surface area is 92.5 Å². The number of methoxy groups -OCH3 is 1. The second kappa shape index (κ2) is 4.81. The van der Waals surface area contributed by atoms with Gasteiger partial charge in [0.25, 0.3) is 0 Å². The van der Waals surface area contributed by atoms with Crippen molar-refractivity contribution in [1.29, 1.82) is 0 Å². The van der Waals surface area contributed by atoms with Crippen LogP contribution >= 0.6 is 0 Å². The third-order valence-electron chi connectivity index (χ3n) is 4.05. The topological polar surface area (TPSA) is 30.5 Å². The second-order valence-electron chi connectivity index (χ2n) is 5.09. The molecule has 1 aliphatic heterocycles. The van der Waals surface area contributed by atoms with Gasteiger partial charge in [-0.05, 0) is 18.8 Å². The first kappa shape index (κ1) is 11.4. The lowest BCUT2D eigenvalue weighted by atomic mass is 10.0. The minimum atomic E-state index is -0.0533. The Hall–Kier alpha value is -0.120. The van der Waals surface area contributed by atoms with Crippen LogP contribution in [0.3, 0.4) is 0 Å². The largest absolute Gasteiger partial charge is 0.378 e. The lowest BCUT2D eigenvalue weighted by Gasteiger charge is -2.29. The van der Waals surface area contributed by atoms with Gasteiger partial charge < -0.3 is 14.8 Å². The van der Waals surface area contributed by atoms with Gasteiger partial charge in [0.2, 0.25) is 0 Å². The van der Waals surface area contributed by atoms with Gasteiger partial charge in [-0.2, -0.15) is 0 Å². The molecular weight excluding hydrogens is 190 g/mol. The highest BCUT2D eigenvalue weighted by Gasteiger charge is 2.36. The smallest absolute Gasteiger partial charge is 0.106 e. The van der Waals surface area contributed by atoms with E-state index in [1.165, 1.54) is 19.3 Å². The maximum Gasteiger partial charge on any atom is 0.106 e. The summed E-state index contributed by atoms with van der Waals surface area (Å²) in [7, 11) is 1.80. The fraction of sp³-hybridized carbons (Fsp3) is 1.00. The van der Waals surface area contributed by atoms with E-state index in [4.69, 9.17) is 9.47 Å². The zero-order valence-electron chi connectivity index (χ0n) is 9.92. The van der Waals surface area contributed by atoms with E-state index in [-0.39, 0.29) is 5.60 Å². The van der Waals surface area contributed by atoms with Gasteiger partial charge in [-0.15, -0.1) is 0 Å². The van der Waals surface area contributed by atoms with Crippen LogP contribution in [0.1, 0.15) is 32.6 Å². The summed E-state index contributed by atoms with van der Waals surface area (Å²) < 4.78 is 11.0. The van der Waals surface area contributed by atoms with Crippen LogP contribution in [0.2, 0.25) is 0 Å². The summed E-state index contributed by atoms with van der Waals surface area (Å²) in [5.74, 6) is 0.821. The summed E-state index contributed by atoms with van der Waals surface area (Å²) >= 11 is 0. The SMILES string of the molecule is COC1(CNC2CCCC2C)CCOC1. The van der Waals surface area contributed by atoms with Gasteiger partial charge >= 0.3 is 0 Å². The highest BCUT2D eigenvalue weighted by molar-refractivity contribution is 4.90. The summed E-state index contributed by atoms with van der Waals surface area (Å²) in [5.41, 5.74) is -0.0533. The number of rotatable bonds is 4. The van der Waals surface area contributed by atoms with Crippen LogP contribution in [0.4, 0.5) is 0 Å². The molecule has 88 valence electrons. The van der Waals surface area contributed by atoms with Crippen molar-refractivity contribution >= 4 is 0 Å². The van der Waals surface area contributed by atoms with Crippen molar-refractivity contribution < 1.29 is 9.47 Å². The second-order valence-corrected chi connectivity index (χ2v) is 5.09. The van der Waals surface area contributed by atoms with Crippen molar-refractivity contribution in [2.45, 2.75) is 44.2 Å². The zero-order chi connectivity index (χ0) is 10.7. The van der Waals surface area contributed by atoms with Crippen molar-refractivity contribution in [1.82, 2.24) is 5.32 Å². The molecule has 1 saturated carbocycles. The van der Waals surface area contributed by atoms with E-state index >= 15 is 0 Å². The third-order valence-corrected chi connectivity index (χ3v) is 4.05. The highest BCUT2D eigenvalue weighted by atomic mass is 16.5. The van der Waals surface area contributed by atoms with Gasteiger partial charge in [0.15, 0.2) is 0 Å². The summed E-state index contributed by atoms with van der Waals surface area (Å²) in [6.07, 6.45) is 5.09. The van der Waals surface area contributed by atoms with E-state index in [0.29, 0.717) is 6.04 Å². The number of ether oxygens (including phenoxy) is 2. The molecule has 3 atom stereocenters. The maximum absolute atomic E-state index is 5.61. The van der Waals surface area contributed by atoms with Crippen LogP contribution < -0.4 is 5.32 Å². The van der Waals surface area contributed by atoms with E-state index in [2.05, 4.69) is 12.2 Å². The van der Waals surface area contributed by atoms with E-state index in [1.807, 2.05) is 0 Å². The first-order valence-electron chi connectivity index (χ1n) is 6.12. The zero-order valence-corrected chi connectivity index (χ0v) is 9.92. The Morgan fingerprint density at radius 1 is 1.47 bits per heavy atom. The molecule has 0 radical (unpaired) electrons. The fourth-order valence-electron chi connectivity index (χ4n) is 2.73. The molecule has 0 spiro atoms. The van der Waals surface area contributed by atoms with Crippen LogP contribution in [0.25, 0.3) is 0 Å². The molecule has 0 aromatic rings. The number of hydrogen-bond acceptors (Lipinski definition) is 3. The predicted octanol–water partition coefficient (Wildman–Crippen LogP) is 1.57. The molecule has 1 N–H and O–H groups in total. The molecule has 15 heavy (non-hydrogen) atoms. The molecule has 1 heterocycles. The minimum Gasteiger partial charge on any atom is -0.378 e. The molecule has 1 aliphatic carbocycles. The average Bonchev–Trinajstić information content (AvgIpc) is 2.85. The van der Waals surface area contributed by atoms with Gasteiger partial charge in [-0.3, -0.25) is 0 Å². The van der Waals surface area contributed by atoms with Crippen LogP contribution in [0.15, 0.2) is 0 Å². The summed E-state index contributed by atoms with van der Waals surface area (Å²) in [5, 5.41) is 3.66. The van der Waals surface area contributed by atoms with Crippen molar-refractivity contribution in [3.63, 3.8) is 0 Å². The Bertz CT molecular complexity index is 202. The molecule has 2 rings (SSSR count). The third kappa shape index (κ3) is 2.52. The van der Waals surface area contributed by atoms with Crippen LogP contribution in [-0.2, 0) is 9.47 Å². The van der Waals surface area contributed by atoms with Gasteiger partial charge in [0.1, 0.15) is 5.60 Å². The summed E-state index contributed by atoms with van der Waals surface area (Å²) in [4.78, 5) is 0. The predicted molar refractivity (Wildman–Crippen MR) is 60.0 cm³/mol.